The Bertz CT molecular complexity index is 657. The predicted molar refractivity (Wildman–Crippen MR) is 106 cm³/mol. The van der Waals surface area contributed by atoms with Gasteiger partial charge in [0.1, 0.15) is 23.7 Å². The highest BCUT2D eigenvalue weighted by Gasteiger charge is 2.12. The van der Waals surface area contributed by atoms with Gasteiger partial charge in [0, 0.05) is 37.2 Å². The number of hydrogen-bond donors (Lipinski definition) is 1. The van der Waals surface area contributed by atoms with E-state index in [0.29, 0.717) is 5.92 Å². The van der Waals surface area contributed by atoms with Gasteiger partial charge in [-0.15, -0.1) is 0 Å². The van der Waals surface area contributed by atoms with Crippen LogP contribution < -0.4 is 15.0 Å². The number of thioether (sulfide) groups is 1. The van der Waals surface area contributed by atoms with Crippen molar-refractivity contribution in [1.82, 2.24) is 9.97 Å². The second-order valence-corrected chi connectivity index (χ2v) is 7.79. The summed E-state index contributed by atoms with van der Waals surface area (Å²) >= 11 is 2.00. The van der Waals surface area contributed by atoms with Gasteiger partial charge in [-0.2, -0.15) is 11.8 Å². The Labute approximate surface area is 154 Å². The Morgan fingerprint density at radius 1 is 1.16 bits per heavy atom. The molecule has 1 saturated heterocycles. The van der Waals surface area contributed by atoms with Crippen LogP contribution in [0.25, 0.3) is 0 Å². The van der Waals surface area contributed by atoms with Crippen LogP contribution in [0.3, 0.4) is 0 Å². The second kappa shape index (κ2) is 8.94. The molecule has 0 bridgehead atoms. The molecular formula is C19H26N4OS. The zero-order valence-corrected chi connectivity index (χ0v) is 15.8. The number of nitrogens with zero attached hydrogens (tertiary/aromatic N) is 3. The molecule has 0 amide bonds. The van der Waals surface area contributed by atoms with E-state index in [9.17, 15) is 0 Å². The molecule has 0 unspecified atom stereocenters. The molecule has 1 aromatic heterocycles. The molecule has 134 valence electrons. The molecule has 1 aliphatic rings. The summed E-state index contributed by atoms with van der Waals surface area (Å²) in [6.07, 6.45) is 1.64. The molecule has 2 aromatic rings. The van der Waals surface area contributed by atoms with E-state index in [4.69, 9.17) is 4.74 Å². The fraction of sp³-hybridized carbons (Fsp3) is 0.474. The Hall–Kier alpha value is -1.95. The molecule has 1 N–H and O–H groups in total. The summed E-state index contributed by atoms with van der Waals surface area (Å²) in [6.45, 7) is 7.89. The van der Waals surface area contributed by atoms with Crippen molar-refractivity contribution in [3.05, 3.63) is 42.2 Å². The summed E-state index contributed by atoms with van der Waals surface area (Å²) in [6, 6.07) is 10.3. The van der Waals surface area contributed by atoms with Gasteiger partial charge in [0.25, 0.3) is 0 Å². The third-order valence-corrected chi connectivity index (χ3v) is 4.91. The first-order valence-corrected chi connectivity index (χ1v) is 9.96. The maximum absolute atomic E-state index is 5.72. The average molecular weight is 359 g/mol. The van der Waals surface area contributed by atoms with Crippen molar-refractivity contribution in [1.29, 1.82) is 0 Å². The molecule has 6 heteroatoms. The molecule has 3 rings (SSSR count). The third kappa shape index (κ3) is 5.53. The Balaban J connectivity index is 1.54. The summed E-state index contributed by atoms with van der Waals surface area (Å²) in [5, 5.41) is 3.39. The van der Waals surface area contributed by atoms with Crippen molar-refractivity contribution in [2.45, 2.75) is 20.4 Å². The van der Waals surface area contributed by atoms with E-state index in [-0.39, 0.29) is 0 Å². The van der Waals surface area contributed by atoms with Gasteiger partial charge in [-0.25, -0.2) is 9.97 Å². The van der Waals surface area contributed by atoms with Crippen LogP contribution in [0.1, 0.15) is 19.4 Å². The molecule has 0 radical (unpaired) electrons. The maximum atomic E-state index is 5.72. The fourth-order valence-electron chi connectivity index (χ4n) is 2.57. The summed E-state index contributed by atoms with van der Waals surface area (Å²) in [5.41, 5.74) is 1.20. The standard InChI is InChI=1S/C19H26N4OS/c1-15(2)13-24-17-5-3-16(4-6-17)12-20-18-11-19(22-14-21-18)23-7-9-25-10-8-23/h3-6,11,14-15H,7-10,12-13H2,1-2H3,(H,20,21,22). The second-order valence-electron chi connectivity index (χ2n) is 6.56. The number of aromatic nitrogens is 2. The van der Waals surface area contributed by atoms with Gasteiger partial charge in [-0.1, -0.05) is 26.0 Å². The van der Waals surface area contributed by atoms with E-state index in [1.54, 1.807) is 6.33 Å². The van der Waals surface area contributed by atoms with Gasteiger partial charge in [-0.3, -0.25) is 0 Å². The molecule has 5 nitrogen and oxygen atoms in total. The molecule has 1 aliphatic heterocycles. The van der Waals surface area contributed by atoms with Crippen molar-refractivity contribution in [2.24, 2.45) is 5.92 Å². The Kier molecular flexibility index (Phi) is 6.39. The summed E-state index contributed by atoms with van der Waals surface area (Å²) in [7, 11) is 0. The van der Waals surface area contributed by atoms with Crippen LogP contribution in [-0.2, 0) is 6.54 Å². The van der Waals surface area contributed by atoms with E-state index in [0.717, 1.165) is 55.1 Å². The predicted octanol–water partition coefficient (Wildman–Crippen LogP) is 3.68. The lowest BCUT2D eigenvalue weighted by Gasteiger charge is -2.27. The Morgan fingerprint density at radius 2 is 1.92 bits per heavy atom. The lowest BCUT2D eigenvalue weighted by atomic mass is 10.2. The highest BCUT2D eigenvalue weighted by atomic mass is 32.2. The summed E-state index contributed by atoms with van der Waals surface area (Å²) in [5.74, 6) is 5.66. The highest BCUT2D eigenvalue weighted by molar-refractivity contribution is 7.99. The van der Waals surface area contributed by atoms with Gasteiger partial charge >= 0.3 is 0 Å². The van der Waals surface area contributed by atoms with Crippen LogP contribution in [0, 0.1) is 5.92 Å². The van der Waals surface area contributed by atoms with Gasteiger partial charge in [0.05, 0.1) is 6.61 Å². The van der Waals surface area contributed by atoms with E-state index >= 15 is 0 Å². The van der Waals surface area contributed by atoms with E-state index in [1.807, 2.05) is 30.0 Å². The van der Waals surface area contributed by atoms with Gasteiger partial charge in [-0.05, 0) is 23.6 Å². The minimum absolute atomic E-state index is 0.534. The molecule has 1 fully saturated rings. The fourth-order valence-corrected chi connectivity index (χ4v) is 3.47. The molecule has 0 atom stereocenters. The first kappa shape index (κ1) is 17.9. The van der Waals surface area contributed by atoms with Gasteiger partial charge in [0.15, 0.2) is 0 Å². The van der Waals surface area contributed by atoms with Crippen LogP contribution >= 0.6 is 11.8 Å². The zero-order chi connectivity index (χ0) is 17.5. The number of anilines is 2. The number of ether oxygens (including phenoxy) is 1. The topological polar surface area (TPSA) is 50.3 Å². The van der Waals surface area contributed by atoms with E-state index in [2.05, 4.69) is 46.2 Å². The number of hydrogen-bond acceptors (Lipinski definition) is 6. The maximum Gasteiger partial charge on any atom is 0.134 e. The van der Waals surface area contributed by atoms with Gasteiger partial charge in [0.2, 0.25) is 0 Å². The normalized spacial score (nSPS) is 14.6. The van der Waals surface area contributed by atoms with Crippen molar-refractivity contribution in [2.75, 3.05) is 41.4 Å². The zero-order valence-electron chi connectivity index (χ0n) is 14.9. The third-order valence-electron chi connectivity index (χ3n) is 3.97. The van der Waals surface area contributed by atoms with Crippen molar-refractivity contribution < 1.29 is 4.74 Å². The van der Waals surface area contributed by atoms with Crippen molar-refractivity contribution in [3.8, 4) is 5.75 Å². The quantitative estimate of drug-likeness (QED) is 0.815. The largest absolute Gasteiger partial charge is 0.493 e. The number of benzene rings is 1. The molecule has 2 heterocycles. The monoisotopic (exact) mass is 358 g/mol. The average Bonchev–Trinajstić information content (AvgIpc) is 2.66. The lowest BCUT2D eigenvalue weighted by Crippen LogP contribution is -2.33. The number of rotatable bonds is 7. The smallest absolute Gasteiger partial charge is 0.134 e. The van der Waals surface area contributed by atoms with E-state index in [1.165, 1.54) is 5.56 Å². The first-order chi connectivity index (χ1) is 12.2. The molecular weight excluding hydrogens is 332 g/mol. The SMILES string of the molecule is CC(C)COc1ccc(CNc2cc(N3CCSCC3)ncn2)cc1. The summed E-state index contributed by atoms with van der Waals surface area (Å²) in [4.78, 5) is 11.1. The highest BCUT2D eigenvalue weighted by Crippen LogP contribution is 2.19. The van der Waals surface area contributed by atoms with Crippen LogP contribution in [0.5, 0.6) is 5.75 Å². The minimum Gasteiger partial charge on any atom is -0.493 e. The first-order valence-electron chi connectivity index (χ1n) is 8.81. The molecule has 0 saturated carbocycles. The molecule has 0 aliphatic carbocycles. The van der Waals surface area contributed by atoms with Crippen LogP contribution in [0.4, 0.5) is 11.6 Å². The minimum atomic E-state index is 0.534. The lowest BCUT2D eigenvalue weighted by molar-refractivity contribution is 0.271. The molecule has 25 heavy (non-hydrogen) atoms. The number of nitrogens with one attached hydrogen (secondary N) is 1. The van der Waals surface area contributed by atoms with Crippen LogP contribution in [-0.4, -0.2) is 41.2 Å². The van der Waals surface area contributed by atoms with Crippen LogP contribution in [0.2, 0.25) is 0 Å². The van der Waals surface area contributed by atoms with Crippen molar-refractivity contribution in [3.63, 3.8) is 0 Å². The van der Waals surface area contributed by atoms with Gasteiger partial charge < -0.3 is 15.0 Å². The van der Waals surface area contributed by atoms with E-state index < -0.39 is 0 Å². The van der Waals surface area contributed by atoms with Crippen molar-refractivity contribution >= 4 is 23.4 Å². The Morgan fingerprint density at radius 3 is 2.64 bits per heavy atom. The molecule has 0 spiro atoms. The summed E-state index contributed by atoms with van der Waals surface area (Å²) < 4.78 is 5.72. The van der Waals surface area contributed by atoms with Crippen LogP contribution in [0.15, 0.2) is 36.7 Å². The molecule has 1 aromatic carbocycles.